The van der Waals surface area contributed by atoms with Crippen LogP contribution < -0.4 is 0 Å². The van der Waals surface area contributed by atoms with Gasteiger partial charge in [-0.3, -0.25) is 4.79 Å². The van der Waals surface area contributed by atoms with Crippen LogP contribution in [-0.4, -0.2) is 28.4 Å². The molecule has 18 heavy (non-hydrogen) atoms. The minimum Gasteiger partial charge on any atom is -0.479 e. The van der Waals surface area contributed by atoms with E-state index in [1.165, 1.54) is 17.0 Å². The van der Waals surface area contributed by atoms with Crippen molar-refractivity contribution in [2.45, 2.75) is 24.9 Å². The highest BCUT2D eigenvalue weighted by Gasteiger charge is 2.38. The maximum Gasteiger partial charge on any atom is 0.331 e. The molecule has 1 saturated carbocycles. The second kappa shape index (κ2) is 5.16. The van der Waals surface area contributed by atoms with Gasteiger partial charge in [-0.25, -0.2) is 4.79 Å². The molecule has 1 aliphatic rings. The number of carbonyl (C=O) groups excluding carboxylic acids is 1. The molecule has 1 atom stereocenters. The molecule has 6 heteroatoms. The van der Waals surface area contributed by atoms with Crippen molar-refractivity contribution < 1.29 is 14.7 Å². The van der Waals surface area contributed by atoms with Gasteiger partial charge in [0.2, 0.25) is 6.41 Å². The number of carbonyl (C=O) groups is 2. The summed E-state index contributed by atoms with van der Waals surface area (Å²) in [7, 11) is 0. The smallest absolute Gasteiger partial charge is 0.331 e. The maximum absolute atomic E-state index is 11.4. The van der Waals surface area contributed by atoms with E-state index in [2.05, 4.69) is 0 Å². The predicted octanol–water partition coefficient (Wildman–Crippen LogP) is 2.74. The van der Waals surface area contributed by atoms with Gasteiger partial charge in [-0.1, -0.05) is 23.2 Å². The summed E-state index contributed by atoms with van der Waals surface area (Å²) in [6, 6.07) is 3.50. The Kier molecular flexibility index (Phi) is 3.78. The highest BCUT2D eigenvalue weighted by molar-refractivity contribution is 6.33. The van der Waals surface area contributed by atoms with Gasteiger partial charge in [-0.05, 0) is 31.0 Å². The maximum atomic E-state index is 11.4. The van der Waals surface area contributed by atoms with Crippen LogP contribution in [0.1, 0.15) is 24.4 Å². The number of hydrogen-bond acceptors (Lipinski definition) is 2. The summed E-state index contributed by atoms with van der Waals surface area (Å²) in [5.74, 6) is -1.11. The lowest BCUT2D eigenvalue weighted by atomic mass is 10.1. The van der Waals surface area contributed by atoms with Crippen LogP contribution in [0.3, 0.4) is 0 Å². The Morgan fingerprint density at radius 1 is 1.44 bits per heavy atom. The molecule has 1 aromatic carbocycles. The van der Waals surface area contributed by atoms with Crippen LogP contribution in [0.2, 0.25) is 10.0 Å². The van der Waals surface area contributed by atoms with Gasteiger partial charge in [-0.15, -0.1) is 0 Å². The lowest BCUT2D eigenvalue weighted by Crippen LogP contribution is -2.35. The molecular formula is C12H11Cl2NO3. The number of carboxylic acids is 1. The number of halogens is 2. The molecule has 0 aliphatic heterocycles. The third-order valence-corrected chi connectivity index (χ3v) is 3.45. The molecule has 1 aromatic rings. The largest absolute Gasteiger partial charge is 0.479 e. The summed E-state index contributed by atoms with van der Waals surface area (Å²) in [6.07, 6.45) is 2.20. The predicted molar refractivity (Wildman–Crippen MR) is 67.8 cm³/mol. The topological polar surface area (TPSA) is 57.6 Å². The minimum atomic E-state index is -1.11. The van der Waals surface area contributed by atoms with Gasteiger partial charge < -0.3 is 10.0 Å². The summed E-state index contributed by atoms with van der Waals surface area (Å²) in [5, 5.41) is 10.00. The summed E-state index contributed by atoms with van der Waals surface area (Å²) in [6.45, 7) is 0. The number of hydrogen-bond donors (Lipinski definition) is 1. The Balaban J connectivity index is 2.43. The molecule has 4 nitrogen and oxygen atoms in total. The second-order valence-corrected chi connectivity index (χ2v) is 5.03. The van der Waals surface area contributed by atoms with Gasteiger partial charge >= 0.3 is 5.97 Å². The van der Waals surface area contributed by atoms with E-state index in [9.17, 15) is 14.7 Å². The highest BCUT2D eigenvalue weighted by Crippen LogP contribution is 2.36. The van der Waals surface area contributed by atoms with Gasteiger partial charge in [-0.2, -0.15) is 0 Å². The second-order valence-electron chi connectivity index (χ2n) is 4.19. The molecule has 0 spiro atoms. The molecule has 96 valence electrons. The van der Waals surface area contributed by atoms with Crippen molar-refractivity contribution in [3.63, 3.8) is 0 Å². The molecule has 0 heterocycles. The van der Waals surface area contributed by atoms with Crippen molar-refractivity contribution in [1.29, 1.82) is 0 Å². The van der Waals surface area contributed by atoms with Crippen molar-refractivity contribution >= 4 is 35.6 Å². The molecule has 2 rings (SSSR count). The number of carboxylic acid groups (broad SMARTS) is 1. The number of nitrogens with zero attached hydrogens (tertiary/aromatic N) is 1. The fourth-order valence-electron chi connectivity index (χ4n) is 1.88. The van der Waals surface area contributed by atoms with Crippen molar-refractivity contribution in [1.82, 2.24) is 4.90 Å². The van der Waals surface area contributed by atoms with Gasteiger partial charge in [0.05, 0.1) is 0 Å². The van der Waals surface area contributed by atoms with E-state index in [0.29, 0.717) is 22.0 Å². The van der Waals surface area contributed by atoms with Crippen molar-refractivity contribution in [2.24, 2.45) is 0 Å². The average molecular weight is 288 g/mol. The monoisotopic (exact) mass is 287 g/mol. The van der Waals surface area contributed by atoms with Gasteiger partial charge in [0, 0.05) is 21.7 Å². The van der Waals surface area contributed by atoms with Crippen LogP contribution in [0.4, 0.5) is 0 Å². The lowest BCUT2D eigenvalue weighted by Gasteiger charge is -2.26. The third-order valence-electron chi connectivity index (χ3n) is 2.87. The molecule has 1 amide bonds. The normalized spacial score (nSPS) is 16.1. The molecular weight excluding hydrogens is 277 g/mol. The van der Waals surface area contributed by atoms with Gasteiger partial charge in [0.1, 0.15) is 0 Å². The van der Waals surface area contributed by atoms with E-state index in [0.717, 1.165) is 12.8 Å². The first-order valence-electron chi connectivity index (χ1n) is 5.45. The average Bonchev–Trinajstić information content (AvgIpc) is 3.13. The van der Waals surface area contributed by atoms with Gasteiger partial charge in [0.15, 0.2) is 6.04 Å². The lowest BCUT2D eigenvalue weighted by molar-refractivity contribution is -0.147. The number of amides is 1. The van der Waals surface area contributed by atoms with E-state index < -0.39 is 12.0 Å². The van der Waals surface area contributed by atoms with E-state index in [1.807, 2.05) is 0 Å². The zero-order valence-corrected chi connectivity index (χ0v) is 10.9. The first-order valence-corrected chi connectivity index (χ1v) is 6.20. The van der Waals surface area contributed by atoms with Crippen LogP contribution in [0.25, 0.3) is 0 Å². The van der Waals surface area contributed by atoms with Crippen molar-refractivity contribution in [2.75, 3.05) is 0 Å². The summed E-state index contributed by atoms with van der Waals surface area (Å²) in [5.41, 5.74) is 0.343. The third kappa shape index (κ3) is 2.60. The van der Waals surface area contributed by atoms with Crippen LogP contribution in [0, 0.1) is 0 Å². The van der Waals surface area contributed by atoms with Crippen LogP contribution in [0.15, 0.2) is 18.2 Å². The first kappa shape index (κ1) is 13.2. The van der Waals surface area contributed by atoms with Crippen LogP contribution in [0.5, 0.6) is 0 Å². The Bertz CT molecular complexity index is 488. The van der Waals surface area contributed by atoms with Crippen molar-refractivity contribution in [3.05, 3.63) is 33.8 Å². The minimum absolute atomic E-state index is 0.0151. The Morgan fingerprint density at radius 2 is 2.11 bits per heavy atom. The number of aliphatic carboxylic acids is 1. The standard InChI is InChI=1S/C12H11Cl2NO3/c13-7-1-4-10(14)9(5-7)11(12(17)18)15(6-16)8-2-3-8/h1,4-6,8,11H,2-3H2,(H,17,18). The van der Waals surface area contributed by atoms with Crippen LogP contribution >= 0.6 is 23.2 Å². The molecule has 1 aliphatic carbocycles. The molecule has 0 bridgehead atoms. The molecule has 1 N–H and O–H groups in total. The van der Waals surface area contributed by atoms with Gasteiger partial charge in [0.25, 0.3) is 0 Å². The summed E-state index contributed by atoms with van der Waals surface area (Å²) < 4.78 is 0. The van der Waals surface area contributed by atoms with E-state index in [1.54, 1.807) is 6.07 Å². The zero-order valence-electron chi connectivity index (χ0n) is 9.35. The van der Waals surface area contributed by atoms with E-state index in [4.69, 9.17) is 23.2 Å². The fourth-order valence-corrected chi connectivity index (χ4v) is 2.28. The Hall–Kier alpha value is -1.26. The molecule has 0 aromatic heterocycles. The molecule has 0 radical (unpaired) electrons. The first-order chi connectivity index (χ1) is 8.54. The molecule has 1 unspecified atom stereocenters. The summed E-state index contributed by atoms with van der Waals surface area (Å²) >= 11 is 11.8. The molecule has 0 saturated heterocycles. The highest BCUT2D eigenvalue weighted by atomic mass is 35.5. The number of benzene rings is 1. The number of rotatable bonds is 5. The Labute approximate surface area is 114 Å². The zero-order chi connectivity index (χ0) is 13.3. The van der Waals surface area contributed by atoms with Crippen molar-refractivity contribution in [3.8, 4) is 0 Å². The Morgan fingerprint density at radius 3 is 2.61 bits per heavy atom. The quantitative estimate of drug-likeness (QED) is 0.847. The SMILES string of the molecule is O=CN(C1CC1)C(C(=O)O)c1cc(Cl)ccc1Cl. The van der Waals surface area contributed by atoms with E-state index in [-0.39, 0.29) is 6.04 Å². The summed E-state index contributed by atoms with van der Waals surface area (Å²) in [4.78, 5) is 23.8. The van der Waals surface area contributed by atoms with E-state index >= 15 is 0 Å². The fraction of sp³-hybridized carbons (Fsp3) is 0.333. The van der Waals surface area contributed by atoms with Crippen LogP contribution in [-0.2, 0) is 9.59 Å². The molecule has 1 fully saturated rings.